The van der Waals surface area contributed by atoms with Crippen LogP contribution in [0.15, 0.2) is 18.7 Å². The number of nitrogens with zero attached hydrogens (tertiary/aromatic N) is 2. The smallest absolute Gasteiger partial charge is 0.0946 e. The topological polar surface area (TPSA) is 70.0 Å². The Morgan fingerprint density at radius 1 is 1.73 bits per heavy atom. The summed E-state index contributed by atoms with van der Waals surface area (Å²) in [5, 5.41) is 0. The second kappa shape index (κ2) is 4.22. The zero-order valence-electron chi connectivity index (χ0n) is 5.77. The van der Waals surface area contributed by atoms with Crippen LogP contribution in [0.1, 0.15) is 0 Å². The van der Waals surface area contributed by atoms with Gasteiger partial charge >= 0.3 is 0 Å². The first-order chi connectivity index (χ1) is 5.29. The van der Waals surface area contributed by atoms with Crippen LogP contribution in [0.5, 0.6) is 0 Å². The summed E-state index contributed by atoms with van der Waals surface area (Å²) in [7, 11) is 0. The molecule has 0 aromatic carbocycles. The second-order valence-corrected chi connectivity index (χ2v) is 2.69. The van der Waals surface area contributed by atoms with Gasteiger partial charge in [-0.25, -0.2) is 9.71 Å². The Kier molecular flexibility index (Phi) is 3.21. The molecule has 1 rings (SSSR count). The van der Waals surface area contributed by atoms with Crippen molar-refractivity contribution in [1.29, 1.82) is 0 Å². The Morgan fingerprint density at radius 3 is 3.09 bits per heavy atom. The molecule has 0 saturated heterocycles. The van der Waals surface area contributed by atoms with E-state index in [2.05, 4.69) is 9.71 Å². The Hall–Kier alpha value is -0.720. The van der Waals surface area contributed by atoms with Crippen LogP contribution < -0.4 is 4.72 Å². The molecule has 0 amide bonds. The van der Waals surface area contributed by atoms with Crippen LogP contribution in [0.4, 0.5) is 0 Å². The normalized spacial score (nSPS) is 13.2. The quantitative estimate of drug-likeness (QED) is 0.611. The van der Waals surface area contributed by atoms with E-state index in [1.54, 1.807) is 23.3 Å². The first-order valence-corrected chi connectivity index (χ1v) is 4.15. The third-order valence-corrected chi connectivity index (χ3v) is 1.59. The zero-order valence-corrected chi connectivity index (χ0v) is 6.58. The van der Waals surface area contributed by atoms with Crippen LogP contribution >= 0.6 is 0 Å². The predicted molar refractivity (Wildman–Crippen MR) is 39.1 cm³/mol. The Labute approximate surface area is 66.9 Å². The molecule has 1 atom stereocenters. The molecule has 1 unspecified atom stereocenters. The predicted octanol–water partition coefficient (Wildman–Crippen LogP) is -0.733. The first kappa shape index (κ1) is 8.38. The average Bonchev–Trinajstić information content (AvgIpc) is 2.39. The lowest BCUT2D eigenvalue weighted by Gasteiger charge is -2.06. The molecule has 6 heteroatoms. The molecule has 0 radical (unpaired) electrons. The van der Waals surface area contributed by atoms with Crippen LogP contribution in [0, 0.1) is 0 Å². The molecule has 1 N–H and O–H groups in total. The minimum absolute atomic E-state index is 0.395. The molecule has 0 aliphatic rings. The standard InChI is InChI=1S/C5H9N3O2S/c9-11(10)7-2-4-8-3-1-6-5-8/h1,3,5,7H,2,4H2,(H,9,10)/p-1. The summed E-state index contributed by atoms with van der Waals surface area (Å²) >= 11 is -2.16. The summed E-state index contributed by atoms with van der Waals surface area (Å²) in [6.45, 7) is 1.00. The molecule has 11 heavy (non-hydrogen) atoms. The van der Waals surface area contributed by atoms with Crippen molar-refractivity contribution >= 4 is 11.3 Å². The van der Waals surface area contributed by atoms with E-state index >= 15 is 0 Å². The van der Waals surface area contributed by atoms with Gasteiger partial charge in [-0.1, -0.05) is 0 Å². The van der Waals surface area contributed by atoms with E-state index in [1.807, 2.05) is 0 Å². The van der Waals surface area contributed by atoms with Crippen molar-refractivity contribution in [1.82, 2.24) is 14.3 Å². The summed E-state index contributed by atoms with van der Waals surface area (Å²) in [4.78, 5) is 3.80. The summed E-state index contributed by atoms with van der Waals surface area (Å²) in [6.07, 6.45) is 5.05. The summed E-state index contributed by atoms with van der Waals surface area (Å²) < 4.78 is 24.0. The Balaban J connectivity index is 2.19. The Morgan fingerprint density at radius 2 is 2.55 bits per heavy atom. The van der Waals surface area contributed by atoms with E-state index in [0.717, 1.165) is 0 Å². The molecule has 1 aromatic heterocycles. The van der Waals surface area contributed by atoms with Gasteiger partial charge in [-0.2, -0.15) is 0 Å². The fraction of sp³-hybridized carbons (Fsp3) is 0.400. The fourth-order valence-corrected chi connectivity index (χ4v) is 0.935. The summed E-state index contributed by atoms with van der Waals surface area (Å²) in [6, 6.07) is 0. The molecule has 0 fully saturated rings. The van der Waals surface area contributed by atoms with E-state index in [4.69, 9.17) is 0 Å². The van der Waals surface area contributed by atoms with Crippen LogP contribution in [-0.2, 0) is 17.8 Å². The van der Waals surface area contributed by atoms with Crippen molar-refractivity contribution in [2.24, 2.45) is 0 Å². The maximum absolute atomic E-state index is 9.99. The third kappa shape index (κ3) is 3.26. The van der Waals surface area contributed by atoms with Crippen molar-refractivity contribution in [3.8, 4) is 0 Å². The minimum atomic E-state index is -2.16. The number of imidazole rings is 1. The first-order valence-electron chi connectivity index (χ1n) is 3.07. The lowest BCUT2D eigenvalue weighted by molar-refractivity contribution is 0.518. The van der Waals surface area contributed by atoms with Crippen LogP contribution in [0.2, 0.25) is 0 Å². The minimum Gasteiger partial charge on any atom is -0.760 e. The Bertz CT molecular complexity index is 224. The fourth-order valence-electron chi connectivity index (χ4n) is 0.677. The lowest BCUT2D eigenvalue weighted by atomic mass is 10.6. The van der Waals surface area contributed by atoms with Gasteiger partial charge in [0.2, 0.25) is 0 Å². The van der Waals surface area contributed by atoms with E-state index in [0.29, 0.717) is 13.1 Å². The van der Waals surface area contributed by atoms with Crippen molar-refractivity contribution in [2.75, 3.05) is 6.54 Å². The van der Waals surface area contributed by atoms with E-state index < -0.39 is 11.3 Å². The molecule has 0 aliphatic carbocycles. The van der Waals surface area contributed by atoms with E-state index in [1.165, 1.54) is 0 Å². The highest BCUT2D eigenvalue weighted by atomic mass is 32.2. The monoisotopic (exact) mass is 174 g/mol. The molecular formula is C5H8N3O2S-. The van der Waals surface area contributed by atoms with Crippen molar-refractivity contribution in [3.05, 3.63) is 18.7 Å². The van der Waals surface area contributed by atoms with Gasteiger partial charge in [-0.3, -0.25) is 4.21 Å². The van der Waals surface area contributed by atoms with Gasteiger partial charge in [0.15, 0.2) is 0 Å². The van der Waals surface area contributed by atoms with Gasteiger partial charge in [-0.05, 0) is 0 Å². The molecule has 5 nitrogen and oxygen atoms in total. The SMILES string of the molecule is O=S([O-])NCCn1ccnc1. The van der Waals surface area contributed by atoms with Crippen molar-refractivity contribution in [2.45, 2.75) is 6.54 Å². The van der Waals surface area contributed by atoms with Crippen molar-refractivity contribution in [3.63, 3.8) is 0 Å². The lowest BCUT2D eigenvalue weighted by Crippen LogP contribution is -2.21. The second-order valence-electron chi connectivity index (χ2n) is 1.93. The highest BCUT2D eigenvalue weighted by Crippen LogP contribution is 1.83. The van der Waals surface area contributed by atoms with Crippen molar-refractivity contribution < 1.29 is 8.76 Å². The van der Waals surface area contributed by atoms with Crippen LogP contribution in [0.25, 0.3) is 0 Å². The number of hydrogen-bond donors (Lipinski definition) is 1. The zero-order chi connectivity index (χ0) is 8.10. The maximum atomic E-state index is 9.99. The van der Waals surface area contributed by atoms with Gasteiger partial charge in [0, 0.05) is 36.7 Å². The van der Waals surface area contributed by atoms with Gasteiger partial charge in [0.1, 0.15) is 0 Å². The molecule has 62 valence electrons. The molecule has 1 aromatic rings. The molecule has 0 bridgehead atoms. The highest BCUT2D eigenvalue weighted by molar-refractivity contribution is 7.77. The number of aromatic nitrogens is 2. The van der Waals surface area contributed by atoms with E-state index in [-0.39, 0.29) is 0 Å². The van der Waals surface area contributed by atoms with Gasteiger partial charge in [-0.15, -0.1) is 0 Å². The molecule has 1 heterocycles. The van der Waals surface area contributed by atoms with Crippen LogP contribution in [0.3, 0.4) is 0 Å². The average molecular weight is 174 g/mol. The largest absolute Gasteiger partial charge is 0.760 e. The van der Waals surface area contributed by atoms with Gasteiger partial charge < -0.3 is 9.12 Å². The summed E-state index contributed by atoms with van der Waals surface area (Å²) in [5.41, 5.74) is 0. The van der Waals surface area contributed by atoms with Gasteiger partial charge in [0.05, 0.1) is 6.33 Å². The maximum Gasteiger partial charge on any atom is 0.0946 e. The molecule has 0 spiro atoms. The van der Waals surface area contributed by atoms with E-state index in [9.17, 15) is 8.76 Å². The molecule has 0 aliphatic heterocycles. The van der Waals surface area contributed by atoms with Gasteiger partial charge in [0.25, 0.3) is 0 Å². The number of hydrogen-bond acceptors (Lipinski definition) is 3. The molecular weight excluding hydrogens is 166 g/mol. The number of nitrogens with one attached hydrogen (secondary N) is 1. The van der Waals surface area contributed by atoms with Crippen LogP contribution in [-0.4, -0.2) is 24.9 Å². The number of rotatable bonds is 4. The third-order valence-electron chi connectivity index (χ3n) is 1.15. The highest BCUT2D eigenvalue weighted by Gasteiger charge is 1.87. The molecule has 0 saturated carbocycles. The summed E-state index contributed by atoms with van der Waals surface area (Å²) in [5.74, 6) is 0.